The smallest absolute Gasteiger partial charge is 0.162 e. The lowest BCUT2D eigenvalue weighted by Crippen LogP contribution is -2.01. The predicted molar refractivity (Wildman–Crippen MR) is 78.0 cm³/mol. The number of rotatable bonds is 6. The van der Waals surface area contributed by atoms with Gasteiger partial charge in [-0.25, -0.2) is 0 Å². The van der Waals surface area contributed by atoms with Crippen LogP contribution in [0.3, 0.4) is 0 Å². The maximum Gasteiger partial charge on any atom is 0.162 e. The van der Waals surface area contributed by atoms with Crippen LogP contribution in [0.2, 0.25) is 0 Å². The van der Waals surface area contributed by atoms with Crippen molar-refractivity contribution in [2.45, 2.75) is 12.8 Å². The largest absolute Gasteiger partial charge is 0.493 e. The van der Waals surface area contributed by atoms with E-state index in [4.69, 9.17) is 14.7 Å². The summed E-state index contributed by atoms with van der Waals surface area (Å²) in [4.78, 5) is 0. The zero-order valence-electron chi connectivity index (χ0n) is 11.5. The van der Waals surface area contributed by atoms with Gasteiger partial charge < -0.3 is 9.47 Å². The molecule has 0 aliphatic rings. The molecule has 20 heavy (non-hydrogen) atoms. The molecule has 0 atom stereocenters. The fourth-order valence-electron chi connectivity index (χ4n) is 1.96. The minimum atomic E-state index is 0.573. The molecule has 2 aromatic rings. The Labute approximate surface area is 119 Å². The molecular weight excluding hydrogens is 250 g/mol. The fourth-order valence-corrected chi connectivity index (χ4v) is 1.96. The first-order chi connectivity index (χ1) is 9.83. The quantitative estimate of drug-likeness (QED) is 0.751. The molecule has 0 fully saturated rings. The van der Waals surface area contributed by atoms with E-state index in [1.807, 2.05) is 18.2 Å². The summed E-state index contributed by atoms with van der Waals surface area (Å²) in [5, 5.41) is 8.90. The van der Waals surface area contributed by atoms with Crippen molar-refractivity contribution in [3.63, 3.8) is 0 Å². The van der Waals surface area contributed by atoms with Gasteiger partial charge in [0.15, 0.2) is 11.5 Å². The van der Waals surface area contributed by atoms with Crippen molar-refractivity contribution in [2.24, 2.45) is 0 Å². The average molecular weight is 267 g/mol. The summed E-state index contributed by atoms with van der Waals surface area (Å²) in [6, 6.07) is 17.6. The van der Waals surface area contributed by atoms with Crippen LogP contribution >= 0.6 is 0 Å². The van der Waals surface area contributed by atoms with Gasteiger partial charge in [-0.2, -0.15) is 5.26 Å². The van der Waals surface area contributed by atoms with Crippen LogP contribution in [0, 0.1) is 11.3 Å². The van der Waals surface area contributed by atoms with E-state index < -0.39 is 0 Å². The van der Waals surface area contributed by atoms with Gasteiger partial charge in [0, 0.05) is 6.07 Å². The number of nitriles is 1. The molecule has 0 aromatic heterocycles. The molecule has 0 heterocycles. The van der Waals surface area contributed by atoms with Gasteiger partial charge in [-0.3, -0.25) is 0 Å². The van der Waals surface area contributed by atoms with Crippen LogP contribution in [0.1, 0.15) is 17.5 Å². The van der Waals surface area contributed by atoms with Crippen molar-refractivity contribution in [3.05, 3.63) is 59.7 Å². The van der Waals surface area contributed by atoms with Crippen LogP contribution in [-0.4, -0.2) is 13.7 Å². The van der Waals surface area contributed by atoms with Crippen LogP contribution in [0.4, 0.5) is 0 Å². The first-order valence-corrected chi connectivity index (χ1v) is 6.58. The number of hydrogen-bond donors (Lipinski definition) is 0. The molecule has 3 heteroatoms. The Balaban J connectivity index is 1.89. The molecule has 0 unspecified atom stereocenters. The van der Waals surface area contributed by atoms with Crippen LogP contribution in [0.25, 0.3) is 0 Å². The Morgan fingerprint density at radius 3 is 2.55 bits per heavy atom. The summed E-state index contributed by atoms with van der Waals surface area (Å²) in [7, 11) is 1.60. The van der Waals surface area contributed by atoms with Crippen LogP contribution in [0.5, 0.6) is 11.5 Å². The highest BCUT2D eigenvalue weighted by Gasteiger charge is 2.05. The van der Waals surface area contributed by atoms with E-state index in [-0.39, 0.29) is 0 Å². The standard InChI is InChI=1S/C17H17NO2/c1-19-16-10-9-15(13-18)12-17(16)20-11-5-8-14-6-3-2-4-7-14/h2-4,6-7,9-10,12H,5,8,11H2,1H3. The number of nitrogens with zero attached hydrogens (tertiary/aromatic N) is 1. The Bertz CT molecular complexity index is 588. The van der Waals surface area contributed by atoms with Gasteiger partial charge in [0.1, 0.15) is 0 Å². The maximum atomic E-state index is 8.90. The molecule has 0 saturated carbocycles. The zero-order valence-corrected chi connectivity index (χ0v) is 11.5. The minimum Gasteiger partial charge on any atom is -0.493 e. The maximum absolute atomic E-state index is 8.90. The van der Waals surface area contributed by atoms with E-state index in [0.717, 1.165) is 12.8 Å². The Morgan fingerprint density at radius 1 is 1.05 bits per heavy atom. The summed E-state index contributed by atoms with van der Waals surface area (Å²) in [5.41, 5.74) is 1.87. The van der Waals surface area contributed by atoms with Crippen molar-refractivity contribution < 1.29 is 9.47 Å². The van der Waals surface area contributed by atoms with Gasteiger partial charge in [0.2, 0.25) is 0 Å². The molecule has 0 radical (unpaired) electrons. The summed E-state index contributed by atoms with van der Waals surface area (Å²) in [6.45, 7) is 0.597. The lowest BCUT2D eigenvalue weighted by Gasteiger charge is -2.10. The van der Waals surface area contributed by atoms with E-state index >= 15 is 0 Å². The second-order valence-corrected chi connectivity index (χ2v) is 4.42. The highest BCUT2D eigenvalue weighted by Crippen LogP contribution is 2.27. The van der Waals surface area contributed by atoms with Crippen molar-refractivity contribution >= 4 is 0 Å². The van der Waals surface area contributed by atoms with E-state index in [9.17, 15) is 0 Å². The van der Waals surface area contributed by atoms with Gasteiger partial charge in [-0.1, -0.05) is 30.3 Å². The lowest BCUT2D eigenvalue weighted by atomic mass is 10.1. The molecule has 102 valence electrons. The Kier molecular flexibility index (Phi) is 5.02. The number of methoxy groups -OCH3 is 1. The van der Waals surface area contributed by atoms with Crippen LogP contribution < -0.4 is 9.47 Å². The van der Waals surface area contributed by atoms with Crippen molar-refractivity contribution in [2.75, 3.05) is 13.7 Å². The predicted octanol–water partition coefficient (Wildman–Crippen LogP) is 3.58. The molecule has 3 nitrogen and oxygen atoms in total. The van der Waals surface area contributed by atoms with Gasteiger partial charge in [0.05, 0.1) is 25.3 Å². The third kappa shape index (κ3) is 3.76. The molecule has 0 amide bonds. The van der Waals surface area contributed by atoms with E-state index in [2.05, 4.69) is 18.2 Å². The Morgan fingerprint density at radius 2 is 1.85 bits per heavy atom. The molecule has 0 bridgehead atoms. The number of benzene rings is 2. The van der Waals surface area contributed by atoms with Crippen molar-refractivity contribution in [1.29, 1.82) is 5.26 Å². The topological polar surface area (TPSA) is 42.2 Å². The van der Waals surface area contributed by atoms with Crippen molar-refractivity contribution in [1.82, 2.24) is 0 Å². The molecule has 2 rings (SSSR count). The average Bonchev–Trinajstić information content (AvgIpc) is 2.52. The van der Waals surface area contributed by atoms with Gasteiger partial charge >= 0.3 is 0 Å². The second kappa shape index (κ2) is 7.20. The normalized spacial score (nSPS) is 9.80. The van der Waals surface area contributed by atoms with Gasteiger partial charge in [-0.15, -0.1) is 0 Å². The highest BCUT2D eigenvalue weighted by molar-refractivity contribution is 5.46. The first kappa shape index (κ1) is 14.0. The van der Waals surface area contributed by atoms with E-state index in [1.54, 1.807) is 25.3 Å². The monoisotopic (exact) mass is 267 g/mol. The fraction of sp³-hybridized carbons (Fsp3) is 0.235. The molecule has 2 aromatic carbocycles. The summed E-state index contributed by atoms with van der Waals surface area (Å²) in [6.07, 6.45) is 1.89. The van der Waals surface area contributed by atoms with Gasteiger partial charge in [-0.05, 0) is 30.5 Å². The SMILES string of the molecule is COc1ccc(C#N)cc1OCCCc1ccccc1. The van der Waals surface area contributed by atoms with Crippen molar-refractivity contribution in [3.8, 4) is 17.6 Å². The Hall–Kier alpha value is -2.47. The number of ether oxygens (including phenoxy) is 2. The number of aryl methyl sites for hydroxylation is 1. The minimum absolute atomic E-state index is 0.573. The third-order valence-electron chi connectivity index (χ3n) is 3.00. The molecule has 0 aliphatic heterocycles. The molecule has 0 aliphatic carbocycles. The second-order valence-electron chi connectivity index (χ2n) is 4.42. The van der Waals surface area contributed by atoms with E-state index in [1.165, 1.54) is 5.56 Å². The highest BCUT2D eigenvalue weighted by atomic mass is 16.5. The molecular formula is C17H17NO2. The number of hydrogen-bond acceptors (Lipinski definition) is 3. The van der Waals surface area contributed by atoms with Crippen LogP contribution in [0.15, 0.2) is 48.5 Å². The zero-order chi connectivity index (χ0) is 14.2. The van der Waals surface area contributed by atoms with Gasteiger partial charge in [0.25, 0.3) is 0 Å². The molecule has 0 spiro atoms. The summed E-state index contributed by atoms with van der Waals surface area (Å²) < 4.78 is 10.9. The lowest BCUT2D eigenvalue weighted by molar-refractivity contribution is 0.289. The first-order valence-electron chi connectivity index (χ1n) is 6.58. The summed E-state index contributed by atoms with van der Waals surface area (Å²) >= 11 is 0. The third-order valence-corrected chi connectivity index (χ3v) is 3.00. The summed E-state index contributed by atoms with van der Waals surface area (Å²) in [5.74, 6) is 1.28. The van der Waals surface area contributed by atoms with Crippen LogP contribution in [-0.2, 0) is 6.42 Å². The molecule has 0 N–H and O–H groups in total. The molecule has 0 saturated heterocycles. The van der Waals surface area contributed by atoms with E-state index in [0.29, 0.717) is 23.7 Å².